The van der Waals surface area contributed by atoms with Crippen molar-refractivity contribution in [2.24, 2.45) is 0 Å². The first-order chi connectivity index (χ1) is 14.1. The second kappa shape index (κ2) is 10.4. The van der Waals surface area contributed by atoms with Gasteiger partial charge in [-0.25, -0.2) is 0 Å². The lowest BCUT2D eigenvalue weighted by atomic mass is 10.1. The first kappa shape index (κ1) is 21.3. The summed E-state index contributed by atoms with van der Waals surface area (Å²) in [7, 11) is 0. The molecule has 0 saturated carbocycles. The number of aliphatic hydroxyl groups is 1. The van der Waals surface area contributed by atoms with Crippen LogP contribution in [0.25, 0.3) is 6.08 Å². The highest BCUT2D eigenvalue weighted by Crippen LogP contribution is 2.32. The maximum atomic E-state index is 12.5. The predicted octanol–water partition coefficient (Wildman–Crippen LogP) is 2.98. The summed E-state index contributed by atoms with van der Waals surface area (Å²) in [5.41, 5.74) is 1.05. The molecule has 0 radical (unpaired) electrons. The number of thioether (sulfide) groups is 1. The zero-order valence-corrected chi connectivity index (χ0v) is 17.4. The molecule has 2 amide bonds. The molecule has 6 nitrogen and oxygen atoms in total. The van der Waals surface area contributed by atoms with Gasteiger partial charge in [0.1, 0.15) is 10.1 Å². The second-order valence-corrected chi connectivity index (χ2v) is 8.26. The normalized spacial score (nSPS) is 16.4. The van der Waals surface area contributed by atoms with Crippen LogP contribution in [0.1, 0.15) is 24.2 Å². The highest BCUT2D eigenvalue weighted by Gasteiger charge is 2.31. The van der Waals surface area contributed by atoms with Crippen LogP contribution in [0, 0.1) is 0 Å². The number of hydrogen-bond donors (Lipinski definition) is 2. The minimum absolute atomic E-state index is 0.132. The van der Waals surface area contributed by atoms with Gasteiger partial charge in [-0.1, -0.05) is 54.3 Å². The van der Waals surface area contributed by atoms with Crippen LogP contribution in [0.4, 0.5) is 0 Å². The lowest BCUT2D eigenvalue weighted by Crippen LogP contribution is -2.39. The summed E-state index contributed by atoms with van der Waals surface area (Å²) < 4.78 is 5.72. The second-order valence-electron chi connectivity index (χ2n) is 6.59. The summed E-state index contributed by atoms with van der Waals surface area (Å²) in [4.78, 5) is 26.8. The topological polar surface area (TPSA) is 82.8 Å². The fraction of sp³-hybridized carbons (Fsp3) is 0.286. The average molecular weight is 431 g/mol. The molecule has 29 heavy (non-hydrogen) atoms. The van der Waals surface area contributed by atoms with E-state index in [9.17, 15) is 14.7 Å². The average Bonchev–Trinajstić information content (AvgIpc) is 3.32. The van der Waals surface area contributed by atoms with E-state index < -0.39 is 0 Å². The SMILES string of the molecule is O=C(CCCN1C(=O)C(=Cc2ccco2)SC1=S)N[C@@H](CO)Cc1ccccc1. The first-order valence-corrected chi connectivity index (χ1v) is 10.5. The number of aliphatic hydroxyl groups excluding tert-OH is 1. The largest absolute Gasteiger partial charge is 0.465 e. The lowest BCUT2D eigenvalue weighted by Gasteiger charge is -2.17. The predicted molar refractivity (Wildman–Crippen MR) is 117 cm³/mol. The molecule has 1 aromatic heterocycles. The van der Waals surface area contributed by atoms with Crippen molar-refractivity contribution >= 4 is 46.2 Å². The molecule has 1 aliphatic rings. The molecule has 0 bridgehead atoms. The van der Waals surface area contributed by atoms with Crippen LogP contribution in [0.3, 0.4) is 0 Å². The number of carbonyl (C=O) groups is 2. The summed E-state index contributed by atoms with van der Waals surface area (Å²) >= 11 is 6.52. The van der Waals surface area contributed by atoms with Crippen molar-refractivity contribution < 1.29 is 19.1 Å². The standard InChI is InChI=1S/C21H22N2O4S2/c24-14-16(12-15-6-2-1-3-7-15)22-19(25)9-4-10-23-20(26)18(29-21(23)28)13-17-8-5-11-27-17/h1-3,5-8,11,13,16,24H,4,9-10,12,14H2,(H,22,25)/t16-/m1/s1. The van der Waals surface area contributed by atoms with Crippen molar-refractivity contribution in [1.82, 2.24) is 10.2 Å². The molecule has 1 aromatic carbocycles. The van der Waals surface area contributed by atoms with Crippen LogP contribution in [0.15, 0.2) is 58.1 Å². The van der Waals surface area contributed by atoms with E-state index in [4.69, 9.17) is 16.6 Å². The molecule has 1 atom stereocenters. The van der Waals surface area contributed by atoms with Gasteiger partial charge in [0, 0.05) is 19.0 Å². The van der Waals surface area contributed by atoms with Gasteiger partial charge in [-0.15, -0.1) is 0 Å². The fourth-order valence-electron chi connectivity index (χ4n) is 2.95. The Morgan fingerprint density at radius 3 is 2.76 bits per heavy atom. The van der Waals surface area contributed by atoms with E-state index >= 15 is 0 Å². The Bertz CT molecular complexity index is 881. The molecule has 3 rings (SSSR count). The van der Waals surface area contributed by atoms with E-state index in [2.05, 4.69) is 5.32 Å². The number of rotatable bonds is 9. The molecule has 2 N–H and O–H groups in total. The number of hydrogen-bond acceptors (Lipinski definition) is 6. The molecular formula is C21H22N2O4S2. The first-order valence-electron chi connectivity index (χ1n) is 9.30. The third-order valence-corrected chi connectivity index (χ3v) is 5.76. The van der Waals surface area contributed by atoms with Crippen molar-refractivity contribution in [2.75, 3.05) is 13.2 Å². The molecule has 1 saturated heterocycles. The molecular weight excluding hydrogens is 408 g/mol. The van der Waals surface area contributed by atoms with E-state index in [1.807, 2.05) is 30.3 Å². The van der Waals surface area contributed by atoms with Crippen LogP contribution >= 0.6 is 24.0 Å². The Balaban J connectivity index is 1.46. The van der Waals surface area contributed by atoms with Gasteiger partial charge in [0.15, 0.2) is 0 Å². The van der Waals surface area contributed by atoms with Crippen molar-refractivity contribution in [1.29, 1.82) is 0 Å². The van der Waals surface area contributed by atoms with Crippen LogP contribution in [0.5, 0.6) is 0 Å². The van der Waals surface area contributed by atoms with Crippen molar-refractivity contribution in [3.8, 4) is 0 Å². The monoisotopic (exact) mass is 430 g/mol. The molecule has 0 unspecified atom stereocenters. The zero-order chi connectivity index (χ0) is 20.6. The fourth-order valence-corrected chi connectivity index (χ4v) is 4.24. The maximum absolute atomic E-state index is 12.5. The third-order valence-electron chi connectivity index (χ3n) is 4.39. The van der Waals surface area contributed by atoms with Gasteiger partial charge in [0.05, 0.1) is 23.8 Å². The Hall–Kier alpha value is -2.42. The van der Waals surface area contributed by atoms with Crippen molar-refractivity contribution in [3.05, 3.63) is 65.0 Å². The Morgan fingerprint density at radius 1 is 1.28 bits per heavy atom. The Morgan fingerprint density at radius 2 is 2.07 bits per heavy atom. The molecule has 8 heteroatoms. The third kappa shape index (κ3) is 6.03. The lowest BCUT2D eigenvalue weighted by molar-refractivity contribution is -0.124. The number of carbonyl (C=O) groups excluding carboxylic acids is 2. The van der Waals surface area contributed by atoms with E-state index in [0.29, 0.717) is 34.4 Å². The van der Waals surface area contributed by atoms with Gasteiger partial charge >= 0.3 is 0 Å². The van der Waals surface area contributed by atoms with Gasteiger partial charge in [0.2, 0.25) is 5.91 Å². The highest BCUT2D eigenvalue weighted by molar-refractivity contribution is 8.26. The van der Waals surface area contributed by atoms with Crippen LogP contribution in [-0.2, 0) is 16.0 Å². The van der Waals surface area contributed by atoms with E-state index in [0.717, 1.165) is 5.56 Å². The van der Waals surface area contributed by atoms with Crippen LogP contribution in [-0.4, -0.2) is 45.3 Å². The Kier molecular flexibility index (Phi) is 7.62. The quantitative estimate of drug-likeness (QED) is 0.470. The molecule has 2 aromatic rings. The number of thiocarbonyl (C=S) groups is 1. The van der Waals surface area contributed by atoms with Crippen molar-refractivity contribution in [3.63, 3.8) is 0 Å². The number of furan rings is 1. The number of benzene rings is 1. The molecule has 0 aliphatic carbocycles. The van der Waals surface area contributed by atoms with E-state index in [1.165, 1.54) is 16.7 Å². The van der Waals surface area contributed by atoms with E-state index in [-0.39, 0.29) is 30.9 Å². The highest BCUT2D eigenvalue weighted by atomic mass is 32.2. The molecule has 1 aliphatic heterocycles. The number of nitrogens with zero attached hydrogens (tertiary/aromatic N) is 1. The summed E-state index contributed by atoms with van der Waals surface area (Å²) in [5.74, 6) is 0.268. The maximum Gasteiger partial charge on any atom is 0.266 e. The number of amides is 2. The Labute approximate surface area is 179 Å². The molecule has 2 heterocycles. The molecule has 0 spiro atoms. The van der Waals surface area contributed by atoms with Gasteiger partial charge in [-0.3, -0.25) is 14.5 Å². The van der Waals surface area contributed by atoms with Gasteiger partial charge < -0.3 is 14.8 Å². The summed E-state index contributed by atoms with van der Waals surface area (Å²) in [6, 6.07) is 12.9. The zero-order valence-electron chi connectivity index (χ0n) is 15.7. The van der Waals surface area contributed by atoms with E-state index in [1.54, 1.807) is 24.5 Å². The van der Waals surface area contributed by atoms with Gasteiger partial charge in [-0.2, -0.15) is 0 Å². The van der Waals surface area contributed by atoms with Crippen LogP contribution < -0.4 is 5.32 Å². The van der Waals surface area contributed by atoms with Gasteiger partial charge in [-0.05, 0) is 30.5 Å². The minimum atomic E-state index is -0.335. The molecule has 1 fully saturated rings. The van der Waals surface area contributed by atoms with Gasteiger partial charge in [0.25, 0.3) is 5.91 Å². The summed E-state index contributed by atoms with van der Waals surface area (Å²) in [6.07, 6.45) is 4.51. The minimum Gasteiger partial charge on any atom is -0.465 e. The van der Waals surface area contributed by atoms with Crippen molar-refractivity contribution in [2.45, 2.75) is 25.3 Å². The smallest absolute Gasteiger partial charge is 0.266 e. The molecule has 152 valence electrons. The summed E-state index contributed by atoms with van der Waals surface area (Å²) in [6.45, 7) is 0.239. The van der Waals surface area contributed by atoms with Crippen LogP contribution in [0.2, 0.25) is 0 Å². The number of nitrogens with one attached hydrogen (secondary N) is 1. The summed E-state index contributed by atoms with van der Waals surface area (Å²) in [5, 5.41) is 12.4.